The topological polar surface area (TPSA) is 96.0 Å². The van der Waals surface area contributed by atoms with Crippen LogP contribution in [0.3, 0.4) is 0 Å². The van der Waals surface area contributed by atoms with Crippen LogP contribution in [0.2, 0.25) is 5.02 Å². The van der Waals surface area contributed by atoms with E-state index in [0.717, 1.165) is 41.8 Å². The minimum atomic E-state index is -3.78. The first-order valence-corrected chi connectivity index (χ1v) is 13.8. The number of hydrogen-bond donors (Lipinski definition) is 1. The maximum atomic E-state index is 13.5. The van der Waals surface area contributed by atoms with Gasteiger partial charge in [0.25, 0.3) is 0 Å². The van der Waals surface area contributed by atoms with Gasteiger partial charge in [0.2, 0.25) is 21.8 Å². The normalized spacial score (nSPS) is 14.9. The van der Waals surface area contributed by atoms with Crippen LogP contribution in [0.25, 0.3) is 0 Å². The van der Waals surface area contributed by atoms with Crippen molar-refractivity contribution in [2.75, 3.05) is 24.2 Å². The molecular formula is C25H32ClN3O5S. The Hall–Kier alpha value is -2.78. The van der Waals surface area contributed by atoms with Gasteiger partial charge >= 0.3 is 0 Å². The fourth-order valence-electron chi connectivity index (χ4n) is 4.12. The van der Waals surface area contributed by atoms with Gasteiger partial charge in [-0.3, -0.25) is 13.9 Å². The summed E-state index contributed by atoms with van der Waals surface area (Å²) in [7, 11) is -2.21. The number of carbonyl (C=O) groups is 2. The molecule has 2 aromatic rings. The van der Waals surface area contributed by atoms with Crippen molar-refractivity contribution in [3.05, 3.63) is 59.1 Å². The number of carbonyl (C=O) groups excluding carboxylic acids is 2. The van der Waals surface area contributed by atoms with Gasteiger partial charge in [-0.2, -0.15) is 0 Å². The van der Waals surface area contributed by atoms with Crippen molar-refractivity contribution in [2.24, 2.45) is 0 Å². The van der Waals surface area contributed by atoms with Crippen molar-refractivity contribution < 1.29 is 22.7 Å². The highest BCUT2D eigenvalue weighted by atomic mass is 35.5. The maximum absolute atomic E-state index is 13.5. The van der Waals surface area contributed by atoms with Crippen LogP contribution >= 0.6 is 11.6 Å². The van der Waals surface area contributed by atoms with E-state index in [1.807, 2.05) is 12.1 Å². The average Bonchev–Trinajstić information content (AvgIpc) is 3.34. The highest BCUT2D eigenvalue weighted by molar-refractivity contribution is 7.92. The van der Waals surface area contributed by atoms with Crippen molar-refractivity contribution >= 4 is 39.1 Å². The first-order valence-electron chi connectivity index (χ1n) is 11.5. The first kappa shape index (κ1) is 26.8. The molecule has 0 unspecified atom stereocenters. The molecule has 1 N–H and O–H groups in total. The van der Waals surface area contributed by atoms with Crippen LogP contribution in [-0.4, -0.2) is 57.1 Å². The minimum absolute atomic E-state index is 0.101. The number of ether oxygens (including phenoxy) is 1. The second-order valence-corrected chi connectivity index (χ2v) is 11.1. The van der Waals surface area contributed by atoms with E-state index >= 15 is 0 Å². The molecule has 1 atom stereocenters. The van der Waals surface area contributed by atoms with Gasteiger partial charge in [-0.15, -0.1) is 0 Å². The van der Waals surface area contributed by atoms with Gasteiger partial charge in [0.15, 0.2) is 0 Å². The summed E-state index contributed by atoms with van der Waals surface area (Å²) in [5.74, 6) is -0.0731. The number of methoxy groups -OCH3 is 1. The molecule has 0 bridgehead atoms. The summed E-state index contributed by atoms with van der Waals surface area (Å²) in [6, 6.07) is 12.7. The summed E-state index contributed by atoms with van der Waals surface area (Å²) in [6.07, 6.45) is 5.02. The van der Waals surface area contributed by atoms with E-state index in [9.17, 15) is 18.0 Å². The van der Waals surface area contributed by atoms with Crippen LogP contribution < -0.4 is 14.4 Å². The summed E-state index contributed by atoms with van der Waals surface area (Å²) in [6.45, 7) is 1.36. The predicted molar refractivity (Wildman–Crippen MR) is 137 cm³/mol. The molecule has 0 spiro atoms. The van der Waals surface area contributed by atoms with Gasteiger partial charge in [0.05, 0.1) is 19.1 Å². The summed E-state index contributed by atoms with van der Waals surface area (Å²) >= 11 is 5.95. The van der Waals surface area contributed by atoms with E-state index in [1.165, 1.54) is 4.90 Å². The quantitative estimate of drug-likeness (QED) is 0.515. The number of rotatable bonds is 10. The van der Waals surface area contributed by atoms with Crippen LogP contribution in [0, 0.1) is 0 Å². The van der Waals surface area contributed by atoms with Crippen molar-refractivity contribution in [3.63, 3.8) is 0 Å². The molecule has 35 heavy (non-hydrogen) atoms. The minimum Gasteiger partial charge on any atom is -0.497 e. The van der Waals surface area contributed by atoms with Gasteiger partial charge in [-0.25, -0.2) is 8.42 Å². The molecule has 2 amide bonds. The van der Waals surface area contributed by atoms with Crippen LogP contribution in [0.5, 0.6) is 5.75 Å². The summed E-state index contributed by atoms with van der Waals surface area (Å²) < 4.78 is 31.4. The SMILES string of the molecule is COc1ccc(CN(C(=O)CN(c2ccc(Cl)cc2)S(C)(=O)=O)[C@@H](C)C(=O)NC2CCCC2)cc1. The third kappa shape index (κ3) is 7.35. The molecule has 0 aliphatic heterocycles. The number of halogens is 1. The highest BCUT2D eigenvalue weighted by Gasteiger charge is 2.31. The first-order chi connectivity index (χ1) is 16.6. The zero-order chi connectivity index (χ0) is 25.6. The van der Waals surface area contributed by atoms with Gasteiger partial charge in [-0.05, 0) is 61.7 Å². The Kier molecular flexibility index (Phi) is 9.02. The molecular weight excluding hydrogens is 490 g/mol. The van der Waals surface area contributed by atoms with E-state index in [2.05, 4.69) is 5.32 Å². The summed E-state index contributed by atoms with van der Waals surface area (Å²) in [4.78, 5) is 28.0. The number of hydrogen-bond acceptors (Lipinski definition) is 5. The Balaban J connectivity index is 1.86. The molecule has 0 saturated heterocycles. The molecule has 0 radical (unpaired) electrons. The van der Waals surface area contributed by atoms with Gasteiger partial charge < -0.3 is 15.0 Å². The maximum Gasteiger partial charge on any atom is 0.244 e. The Morgan fingerprint density at radius 3 is 2.23 bits per heavy atom. The monoisotopic (exact) mass is 521 g/mol. The van der Waals surface area contributed by atoms with Crippen LogP contribution in [-0.2, 0) is 26.2 Å². The second-order valence-electron chi connectivity index (χ2n) is 8.78. The summed E-state index contributed by atoms with van der Waals surface area (Å²) in [5, 5.41) is 3.49. The van der Waals surface area contributed by atoms with E-state index in [0.29, 0.717) is 16.5 Å². The second kappa shape index (κ2) is 11.8. The fraction of sp³-hybridized carbons (Fsp3) is 0.440. The van der Waals surface area contributed by atoms with Gasteiger partial charge in [0.1, 0.15) is 18.3 Å². The molecule has 1 aliphatic rings. The van der Waals surface area contributed by atoms with Crippen LogP contribution in [0.1, 0.15) is 38.2 Å². The zero-order valence-electron chi connectivity index (χ0n) is 20.2. The van der Waals surface area contributed by atoms with Crippen molar-refractivity contribution in [3.8, 4) is 5.75 Å². The Morgan fingerprint density at radius 1 is 1.09 bits per heavy atom. The Morgan fingerprint density at radius 2 is 1.69 bits per heavy atom. The largest absolute Gasteiger partial charge is 0.497 e. The van der Waals surface area contributed by atoms with Crippen molar-refractivity contribution in [2.45, 2.75) is 51.2 Å². The third-order valence-corrected chi connectivity index (χ3v) is 7.57. The Bertz CT molecular complexity index is 1120. The lowest BCUT2D eigenvalue weighted by Crippen LogP contribution is -2.52. The van der Waals surface area contributed by atoms with Gasteiger partial charge in [-0.1, -0.05) is 36.6 Å². The predicted octanol–water partition coefficient (Wildman–Crippen LogP) is 3.59. The number of sulfonamides is 1. The molecule has 0 aromatic heterocycles. The molecule has 0 heterocycles. The number of nitrogens with one attached hydrogen (secondary N) is 1. The van der Waals surface area contributed by atoms with Crippen LogP contribution in [0.15, 0.2) is 48.5 Å². The van der Waals surface area contributed by atoms with E-state index < -0.39 is 28.5 Å². The lowest BCUT2D eigenvalue weighted by atomic mass is 10.1. The number of amides is 2. The van der Waals surface area contributed by atoms with E-state index in [4.69, 9.17) is 16.3 Å². The lowest BCUT2D eigenvalue weighted by Gasteiger charge is -2.32. The zero-order valence-corrected chi connectivity index (χ0v) is 21.8. The molecule has 1 fully saturated rings. The Labute approximate surface area is 212 Å². The van der Waals surface area contributed by atoms with E-state index in [-0.39, 0.29) is 18.5 Å². The molecule has 1 saturated carbocycles. The smallest absolute Gasteiger partial charge is 0.244 e. The standard InChI is InChI=1S/C25H32ClN3O5S/c1-18(25(31)27-21-6-4-5-7-21)28(16-19-8-14-23(34-2)15-9-19)24(30)17-29(35(3,32)33)22-12-10-20(26)11-13-22/h8-15,18,21H,4-7,16-17H2,1-3H3,(H,27,31)/t18-/m0/s1. The molecule has 10 heteroatoms. The number of benzene rings is 2. The van der Waals surface area contributed by atoms with Gasteiger partial charge in [0, 0.05) is 17.6 Å². The number of nitrogens with zero attached hydrogens (tertiary/aromatic N) is 2. The van der Waals surface area contributed by atoms with Crippen molar-refractivity contribution in [1.29, 1.82) is 0 Å². The molecule has 3 rings (SSSR count). The molecule has 190 valence electrons. The molecule has 2 aromatic carbocycles. The molecule has 1 aliphatic carbocycles. The summed E-state index contributed by atoms with van der Waals surface area (Å²) in [5.41, 5.74) is 1.11. The van der Waals surface area contributed by atoms with Crippen molar-refractivity contribution in [1.82, 2.24) is 10.2 Å². The fourth-order valence-corrected chi connectivity index (χ4v) is 5.10. The molecule has 8 nitrogen and oxygen atoms in total. The average molecular weight is 522 g/mol. The number of anilines is 1. The lowest BCUT2D eigenvalue weighted by molar-refractivity contribution is -0.139. The highest BCUT2D eigenvalue weighted by Crippen LogP contribution is 2.22. The van der Waals surface area contributed by atoms with Crippen LogP contribution in [0.4, 0.5) is 5.69 Å². The third-order valence-electron chi connectivity index (χ3n) is 6.17. The van der Waals surface area contributed by atoms with E-state index in [1.54, 1.807) is 50.4 Å².